The summed E-state index contributed by atoms with van der Waals surface area (Å²) in [6.45, 7) is 7.05. The predicted molar refractivity (Wildman–Crippen MR) is 133 cm³/mol. The average Bonchev–Trinajstić information content (AvgIpc) is 2.75. The molecule has 0 saturated heterocycles. The van der Waals surface area contributed by atoms with Crippen molar-refractivity contribution >= 4 is 40.7 Å². The summed E-state index contributed by atoms with van der Waals surface area (Å²) in [5.74, 6) is -0.298. The van der Waals surface area contributed by atoms with E-state index in [4.69, 9.17) is 39.5 Å². The third-order valence-corrected chi connectivity index (χ3v) is 6.62. The van der Waals surface area contributed by atoms with E-state index in [1.165, 1.54) is 6.07 Å². The second-order valence-electron chi connectivity index (χ2n) is 8.59. The number of nitrogens with one attached hydrogen (secondary N) is 1. The van der Waals surface area contributed by atoms with E-state index in [-0.39, 0.29) is 5.91 Å². The minimum absolute atomic E-state index is 0.295. The summed E-state index contributed by atoms with van der Waals surface area (Å²) in [7, 11) is 0. The highest BCUT2D eigenvalue weighted by Crippen LogP contribution is 2.38. The van der Waals surface area contributed by atoms with Crippen LogP contribution >= 0.6 is 34.8 Å². The molecule has 2 atom stereocenters. The molecular weight excluding hydrogens is 484 g/mol. The highest BCUT2D eigenvalue weighted by molar-refractivity contribution is 6.31. The molecule has 0 aromatic heterocycles. The first-order valence-electron chi connectivity index (χ1n) is 10.4. The van der Waals surface area contributed by atoms with Crippen molar-refractivity contribution in [2.75, 3.05) is 0 Å². The summed E-state index contributed by atoms with van der Waals surface area (Å²) in [5, 5.41) is 4.45. The smallest absolute Gasteiger partial charge is 0.263 e. The van der Waals surface area contributed by atoms with Crippen LogP contribution in [0.15, 0.2) is 66.7 Å². The van der Waals surface area contributed by atoms with Gasteiger partial charge in [0.1, 0.15) is 11.6 Å². The molecule has 33 heavy (non-hydrogen) atoms. The van der Waals surface area contributed by atoms with Gasteiger partial charge in [0.2, 0.25) is 0 Å². The molecule has 0 saturated carbocycles. The Kier molecular flexibility index (Phi) is 7.62. The van der Waals surface area contributed by atoms with Crippen LogP contribution < -0.4 is 10.1 Å². The molecule has 0 aliphatic heterocycles. The fourth-order valence-electron chi connectivity index (χ4n) is 3.70. The number of carbonyl (C=O) groups excluding carboxylic acids is 1. The second kappa shape index (κ2) is 9.92. The van der Waals surface area contributed by atoms with Crippen LogP contribution in [0.5, 0.6) is 5.75 Å². The van der Waals surface area contributed by atoms with Gasteiger partial charge in [0.05, 0.1) is 0 Å². The highest BCUT2D eigenvalue weighted by Gasteiger charge is 2.41. The van der Waals surface area contributed by atoms with Crippen molar-refractivity contribution in [2.24, 2.45) is 0 Å². The maximum atomic E-state index is 15.1. The average molecular weight is 509 g/mol. The van der Waals surface area contributed by atoms with E-state index in [0.717, 1.165) is 5.56 Å². The van der Waals surface area contributed by atoms with Gasteiger partial charge in [-0.3, -0.25) is 4.79 Å². The van der Waals surface area contributed by atoms with Gasteiger partial charge in [0, 0.05) is 32.1 Å². The largest absolute Gasteiger partial charge is 0.478 e. The van der Waals surface area contributed by atoms with Crippen LogP contribution in [-0.2, 0) is 10.2 Å². The molecule has 2 unspecified atom stereocenters. The normalized spacial score (nSPS) is 14.3. The Morgan fingerprint density at radius 3 is 1.94 bits per heavy atom. The maximum absolute atomic E-state index is 15.1. The van der Waals surface area contributed by atoms with Crippen LogP contribution in [-0.4, -0.2) is 17.6 Å². The molecule has 3 rings (SSSR count). The zero-order chi connectivity index (χ0) is 24.4. The molecule has 0 fully saturated rings. The molecule has 1 amide bonds. The number of amides is 1. The lowest BCUT2D eigenvalue weighted by Crippen LogP contribution is -2.55. The number of carbonyl (C=O) groups is 1. The Balaban J connectivity index is 1.94. The van der Waals surface area contributed by atoms with Crippen molar-refractivity contribution in [3.8, 4) is 5.75 Å². The van der Waals surface area contributed by atoms with Gasteiger partial charge in [-0.05, 0) is 81.8 Å². The molecule has 0 aliphatic carbocycles. The van der Waals surface area contributed by atoms with Crippen molar-refractivity contribution in [1.29, 1.82) is 0 Å². The molecule has 0 radical (unpaired) electrons. The summed E-state index contributed by atoms with van der Waals surface area (Å²) in [4.78, 5) is 13.3. The number of hydrogen-bond acceptors (Lipinski definition) is 2. The zero-order valence-electron chi connectivity index (χ0n) is 18.8. The highest BCUT2D eigenvalue weighted by atomic mass is 35.5. The molecule has 3 aromatic carbocycles. The predicted octanol–water partition coefficient (Wildman–Crippen LogP) is 7.45. The molecule has 1 N–H and O–H groups in total. The van der Waals surface area contributed by atoms with Crippen molar-refractivity contribution in [2.45, 2.75) is 44.8 Å². The van der Waals surface area contributed by atoms with Crippen molar-refractivity contribution in [3.63, 3.8) is 0 Å². The first-order valence-corrected chi connectivity index (χ1v) is 11.5. The van der Waals surface area contributed by atoms with Crippen molar-refractivity contribution in [1.82, 2.24) is 5.32 Å². The number of benzene rings is 3. The molecule has 0 heterocycles. The van der Waals surface area contributed by atoms with Crippen LogP contribution in [0.2, 0.25) is 15.1 Å². The van der Waals surface area contributed by atoms with Gasteiger partial charge >= 0.3 is 0 Å². The van der Waals surface area contributed by atoms with Gasteiger partial charge in [-0.15, -0.1) is 0 Å². The summed E-state index contributed by atoms with van der Waals surface area (Å²) in [5.41, 5.74) is -0.928. The first kappa shape index (κ1) is 25.4. The van der Waals surface area contributed by atoms with Crippen LogP contribution in [0.3, 0.4) is 0 Å². The van der Waals surface area contributed by atoms with E-state index in [0.29, 0.717) is 26.4 Å². The zero-order valence-corrected chi connectivity index (χ0v) is 21.0. The Bertz CT molecular complexity index is 1130. The second-order valence-corrected chi connectivity index (χ2v) is 9.90. The van der Waals surface area contributed by atoms with Crippen LogP contribution in [0.25, 0.3) is 0 Å². The quantitative estimate of drug-likeness (QED) is 0.360. The fraction of sp³-hybridized carbons (Fsp3) is 0.269. The summed E-state index contributed by atoms with van der Waals surface area (Å²) < 4.78 is 21.0. The van der Waals surface area contributed by atoms with Crippen molar-refractivity contribution < 1.29 is 13.9 Å². The third-order valence-electron chi connectivity index (χ3n) is 5.88. The van der Waals surface area contributed by atoms with E-state index in [9.17, 15) is 4.79 Å². The third kappa shape index (κ3) is 5.63. The Labute approximate surface area is 208 Å². The maximum Gasteiger partial charge on any atom is 0.263 e. The number of ether oxygens (including phenoxy) is 1. The Hall–Kier alpha value is -2.27. The number of rotatable bonds is 7. The lowest BCUT2D eigenvalue weighted by molar-refractivity contribution is -0.135. The fourth-order valence-corrected chi connectivity index (χ4v) is 4.11. The van der Waals surface area contributed by atoms with Gasteiger partial charge in [-0.1, -0.05) is 53.0 Å². The lowest BCUT2D eigenvalue weighted by Gasteiger charge is -2.39. The van der Waals surface area contributed by atoms with E-state index in [1.54, 1.807) is 62.4 Å². The van der Waals surface area contributed by atoms with Gasteiger partial charge in [0.15, 0.2) is 5.60 Å². The van der Waals surface area contributed by atoms with Crippen LogP contribution in [0.1, 0.15) is 38.8 Å². The molecule has 0 aliphatic rings. The first-order chi connectivity index (χ1) is 15.4. The molecular formula is C26H25Cl3FNO2. The molecule has 3 aromatic rings. The number of hydrogen-bond donors (Lipinski definition) is 1. The monoisotopic (exact) mass is 507 g/mol. The molecule has 0 spiro atoms. The minimum Gasteiger partial charge on any atom is -0.478 e. The van der Waals surface area contributed by atoms with E-state index >= 15 is 4.39 Å². The van der Waals surface area contributed by atoms with Gasteiger partial charge < -0.3 is 10.1 Å². The Morgan fingerprint density at radius 1 is 0.879 bits per heavy atom. The van der Waals surface area contributed by atoms with Crippen LogP contribution in [0, 0.1) is 5.82 Å². The molecule has 174 valence electrons. The van der Waals surface area contributed by atoms with Gasteiger partial charge in [-0.25, -0.2) is 4.39 Å². The standard InChI is InChI=1S/C26H25Cl3FNO2/c1-16(31-24(32)25(2,3)33-21-12-9-19(28)10-13-21)26(4,17-5-7-18(27)8-6-17)22-14-11-20(29)15-23(22)30/h5-16H,1-4H3,(H,31,32). The van der Waals surface area contributed by atoms with Gasteiger partial charge in [-0.2, -0.15) is 0 Å². The minimum atomic E-state index is -1.19. The molecule has 0 bridgehead atoms. The molecule has 3 nitrogen and oxygen atoms in total. The van der Waals surface area contributed by atoms with Gasteiger partial charge in [0.25, 0.3) is 5.91 Å². The topological polar surface area (TPSA) is 38.3 Å². The van der Waals surface area contributed by atoms with Crippen LogP contribution in [0.4, 0.5) is 4.39 Å². The summed E-state index contributed by atoms with van der Waals surface area (Å²) in [6, 6.07) is 17.9. The van der Waals surface area contributed by atoms with E-state index in [2.05, 4.69) is 5.32 Å². The summed E-state index contributed by atoms with van der Waals surface area (Å²) >= 11 is 18.0. The summed E-state index contributed by atoms with van der Waals surface area (Å²) in [6.07, 6.45) is 0. The van der Waals surface area contributed by atoms with Crippen molar-refractivity contribution in [3.05, 3.63) is 98.7 Å². The SMILES string of the molecule is CC(NC(=O)C(C)(C)Oc1ccc(Cl)cc1)C(C)(c1ccc(Cl)cc1)c1ccc(Cl)cc1F. The number of halogens is 4. The van der Waals surface area contributed by atoms with E-state index < -0.39 is 22.9 Å². The molecule has 7 heteroatoms. The van der Waals surface area contributed by atoms with E-state index in [1.807, 2.05) is 26.0 Å². The Morgan fingerprint density at radius 2 is 1.39 bits per heavy atom. The lowest BCUT2D eigenvalue weighted by atomic mass is 9.70.